The van der Waals surface area contributed by atoms with Crippen LogP contribution in [0.25, 0.3) is 0 Å². The minimum Gasteiger partial charge on any atom is -0.324 e. The topological polar surface area (TPSA) is 26.0 Å². The molecular weight excluding hydrogens is 308 g/mol. The van der Waals surface area contributed by atoms with Crippen molar-refractivity contribution < 1.29 is 26.3 Å². The Bertz CT molecular complexity index is 466. The van der Waals surface area contributed by atoms with E-state index >= 15 is 0 Å². The van der Waals surface area contributed by atoms with Crippen molar-refractivity contribution in [2.45, 2.75) is 24.8 Å². The van der Waals surface area contributed by atoms with Crippen LogP contribution < -0.4 is 5.73 Å². The predicted octanol–water partition coefficient (Wildman–Crippen LogP) is 4.72. The predicted molar refractivity (Wildman–Crippen MR) is 65.4 cm³/mol. The summed E-state index contributed by atoms with van der Waals surface area (Å²) in [6.45, 7) is 3.31. The van der Waals surface area contributed by atoms with Crippen LogP contribution in [0, 0.1) is 0 Å². The van der Waals surface area contributed by atoms with Crippen molar-refractivity contribution in [3.8, 4) is 0 Å². The molecule has 0 unspecified atom stereocenters. The molecular formula is C12H12ClF6N. The molecule has 1 rings (SSSR count). The van der Waals surface area contributed by atoms with Crippen molar-refractivity contribution in [3.63, 3.8) is 0 Å². The molecule has 0 aliphatic heterocycles. The van der Waals surface area contributed by atoms with Crippen molar-refractivity contribution in [2.75, 3.05) is 0 Å². The van der Waals surface area contributed by atoms with Gasteiger partial charge >= 0.3 is 12.4 Å². The van der Waals surface area contributed by atoms with Gasteiger partial charge in [0.25, 0.3) is 0 Å². The lowest BCUT2D eigenvalue weighted by atomic mass is 9.95. The SMILES string of the molecule is C=CC[C@H](N)c1cc(C(F)(F)F)ccc1C(F)(F)F.Cl. The normalized spacial score (nSPS) is 13.6. The molecule has 1 atom stereocenters. The highest BCUT2D eigenvalue weighted by Crippen LogP contribution is 2.38. The van der Waals surface area contributed by atoms with E-state index in [9.17, 15) is 26.3 Å². The number of hydrogen-bond acceptors (Lipinski definition) is 1. The summed E-state index contributed by atoms with van der Waals surface area (Å²) in [7, 11) is 0. The van der Waals surface area contributed by atoms with E-state index in [0.717, 1.165) is 0 Å². The van der Waals surface area contributed by atoms with E-state index in [0.29, 0.717) is 18.2 Å². The third-order valence-electron chi connectivity index (χ3n) is 2.50. The van der Waals surface area contributed by atoms with E-state index in [1.54, 1.807) is 0 Å². The Balaban J connectivity index is 0.00000361. The highest BCUT2D eigenvalue weighted by molar-refractivity contribution is 5.85. The Morgan fingerprint density at radius 3 is 2.05 bits per heavy atom. The van der Waals surface area contributed by atoms with Gasteiger partial charge in [0, 0.05) is 6.04 Å². The van der Waals surface area contributed by atoms with Gasteiger partial charge in [0.05, 0.1) is 11.1 Å². The van der Waals surface area contributed by atoms with E-state index in [1.807, 2.05) is 0 Å². The van der Waals surface area contributed by atoms with Crippen LogP contribution in [0.3, 0.4) is 0 Å². The average molecular weight is 320 g/mol. The van der Waals surface area contributed by atoms with Gasteiger partial charge in [-0.15, -0.1) is 19.0 Å². The van der Waals surface area contributed by atoms with Crippen molar-refractivity contribution in [1.29, 1.82) is 0 Å². The summed E-state index contributed by atoms with van der Waals surface area (Å²) in [5, 5.41) is 0. The third kappa shape index (κ3) is 4.42. The Morgan fingerprint density at radius 1 is 1.10 bits per heavy atom. The number of rotatable bonds is 3. The molecule has 0 aliphatic carbocycles. The Morgan fingerprint density at radius 2 is 1.65 bits per heavy atom. The van der Waals surface area contributed by atoms with Crippen LogP contribution in [-0.4, -0.2) is 0 Å². The van der Waals surface area contributed by atoms with E-state index < -0.39 is 35.1 Å². The molecule has 0 fully saturated rings. The van der Waals surface area contributed by atoms with Gasteiger partial charge in [-0.05, 0) is 30.2 Å². The fraction of sp³-hybridized carbons (Fsp3) is 0.333. The molecule has 0 saturated carbocycles. The van der Waals surface area contributed by atoms with Gasteiger partial charge in [0.1, 0.15) is 0 Å². The monoisotopic (exact) mass is 319 g/mol. The Kier molecular flexibility index (Phi) is 6.10. The molecule has 0 heterocycles. The number of halogens is 7. The van der Waals surface area contributed by atoms with Crippen LogP contribution in [0.15, 0.2) is 30.9 Å². The van der Waals surface area contributed by atoms with Gasteiger partial charge in [0.2, 0.25) is 0 Å². The summed E-state index contributed by atoms with van der Waals surface area (Å²) in [6, 6.07) is 0.0573. The van der Waals surface area contributed by atoms with Crippen molar-refractivity contribution in [2.24, 2.45) is 5.73 Å². The molecule has 114 valence electrons. The van der Waals surface area contributed by atoms with Crippen LogP contribution in [0.4, 0.5) is 26.3 Å². The van der Waals surface area contributed by atoms with Crippen LogP contribution in [0.5, 0.6) is 0 Å². The van der Waals surface area contributed by atoms with E-state index in [4.69, 9.17) is 5.73 Å². The zero-order valence-corrected chi connectivity index (χ0v) is 10.9. The fourth-order valence-corrected chi connectivity index (χ4v) is 1.61. The quantitative estimate of drug-likeness (QED) is 0.633. The summed E-state index contributed by atoms with van der Waals surface area (Å²) >= 11 is 0. The maximum atomic E-state index is 12.7. The lowest BCUT2D eigenvalue weighted by molar-refractivity contribution is -0.142. The average Bonchev–Trinajstić information content (AvgIpc) is 2.26. The molecule has 0 aromatic heterocycles. The van der Waals surface area contributed by atoms with Gasteiger partial charge in [-0.25, -0.2) is 0 Å². The second-order valence-electron chi connectivity index (χ2n) is 3.93. The minimum atomic E-state index is -4.75. The number of nitrogens with two attached hydrogens (primary N) is 1. The summed E-state index contributed by atoms with van der Waals surface area (Å²) in [6.07, 6.45) is -8.26. The zero-order valence-electron chi connectivity index (χ0n) is 10.1. The molecule has 1 aromatic carbocycles. The Labute approximate surface area is 117 Å². The zero-order chi connectivity index (χ0) is 14.8. The van der Waals surface area contributed by atoms with Crippen molar-refractivity contribution >= 4 is 12.4 Å². The van der Waals surface area contributed by atoms with Gasteiger partial charge in [-0.3, -0.25) is 0 Å². The number of alkyl halides is 6. The smallest absolute Gasteiger partial charge is 0.324 e. The molecule has 0 aliphatic rings. The molecule has 0 saturated heterocycles. The van der Waals surface area contributed by atoms with Crippen LogP contribution in [0.2, 0.25) is 0 Å². The first-order chi connectivity index (χ1) is 8.57. The molecule has 0 bridgehead atoms. The van der Waals surface area contributed by atoms with Gasteiger partial charge in [0.15, 0.2) is 0 Å². The van der Waals surface area contributed by atoms with Crippen molar-refractivity contribution in [1.82, 2.24) is 0 Å². The number of hydrogen-bond donors (Lipinski definition) is 1. The first-order valence-corrected chi connectivity index (χ1v) is 5.22. The maximum Gasteiger partial charge on any atom is 0.416 e. The molecule has 20 heavy (non-hydrogen) atoms. The fourth-order valence-electron chi connectivity index (χ4n) is 1.61. The van der Waals surface area contributed by atoms with Gasteiger partial charge in [-0.1, -0.05) is 6.08 Å². The molecule has 8 heteroatoms. The summed E-state index contributed by atoms with van der Waals surface area (Å²) in [5.41, 5.74) is 2.58. The van der Waals surface area contributed by atoms with E-state index in [-0.39, 0.29) is 18.8 Å². The highest BCUT2D eigenvalue weighted by Gasteiger charge is 2.37. The van der Waals surface area contributed by atoms with Crippen LogP contribution >= 0.6 is 12.4 Å². The van der Waals surface area contributed by atoms with Crippen LogP contribution in [-0.2, 0) is 12.4 Å². The summed E-state index contributed by atoms with van der Waals surface area (Å²) < 4.78 is 75.7. The third-order valence-corrected chi connectivity index (χ3v) is 2.50. The number of benzene rings is 1. The largest absolute Gasteiger partial charge is 0.416 e. The molecule has 0 spiro atoms. The molecule has 2 N–H and O–H groups in total. The summed E-state index contributed by atoms with van der Waals surface area (Å²) in [4.78, 5) is 0. The first-order valence-electron chi connectivity index (χ1n) is 5.22. The van der Waals surface area contributed by atoms with Gasteiger partial charge in [-0.2, -0.15) is 26.3 Å². The Hall–Kier alpha value is -1.21. The van der Waals surface area contributed by atoms with Crippen LogP contribution in [0.1, 0.15) is 29.2 Å². The minimum absolute atomic E-state index is 0. The van der Waals surface area contributed by atoms with Gasteiger partial charge < -0.3 is 5.73 Å². The molecule has 1 aromatic rings. The first kappa shape index (κ1) is 18.8. The highest BCUT2D eigenvalue weighted by atomic mass is 35.5. The molecule has 0 radical (unpaired) electrons. The molecule has 0 amide bonds. The molecule has 1 nitrogen and oxygen atoms in total. The standard InChI is InChI=1S/C12H11F6N.ClH/c1-2-3-10(19)8-6-7(11(13,14)15)4-5-9(8)12(16,17)18;/h2,4-6,10H,1,3,19H2;1H/t10-;/m0./s1. The lowest BCUT2D eigenvalue weighted by Gasteiger charge is -2.19. The second-order valence-corrected chi connectivity index (χ2v) is 3.93. The van der Waals surface area contributed by atoms with E-state index in [2.05, 4.69) is 6.58 Å². The summed E-state index contributed by atoms with van der Waals surface area (Å²) in [5.74, 6) is 0. The van der Waals surface area contributed by atoms with E-state index in [1.165, 1.54) is 6.08 Å². The van der Waals surface area contributed by atoms with Crippen molar-refractivity contribution in [3.05, 3.63) is 47.5 Å². The second kappa shape index (κ2) is 6.49. The maximum absolute atomic E-state index is 12.7. The lowest BCUT2D eigenvalue weighted by Crippen LogP contribution is -2.19.